The lowest BCUT2D eigenvalue weighted by molar-refractivity contribution is -0.138. The van der Waals surface area contributed by atoms with E-state index in [1.165, 1.54) is 0 Å². The van der Waals surface area contributed by atoms with Crippen molar-refractivity contribution in [2.45, 2.75) is 13.8 Å². The Labute approximate surface area is 75.2 Å². The Morgan fingerprint density at radius 2 is 1.58 bits per heavy atom. The Kier molecular flexibility index (Phi) is 23.1. The van der Waals surface area contributed by atoms with Crippen molar-refractivity contribution in [1.82, 2.24) is 0 Å². The number of carbonyl (C=O) groups is 1. The minimum Gasteiger partial charge on any atom is -0.463 e. The van der Waals surface area contributed by atoms with Crippen LogP contribution >= 0.6 is 0 Å². The summed E-state index contributed by atoms with van der Waals surface area (Å²) in [4.78, 5) is 10.4. The van der Waals surface area contributed by atoms with Crippen LogP contribution < -0.4 is 0 Å². The molecule has 0 radical (unpaired) electrons. The Hall–Kier alpha value is -1.31. The number of ether oxygens (including phenoxy) is 1. The van der Waals surface area contributed by atoms with E-state index >= 15 is 0 Å². The van der Waals surface area contributed by atoms with Gasteiger partial charge in [0.1, 0.15) is 0 Å². The molecule has 2 nitrogen and oxygen atoms in total. The van der Waals surface area contributed by atoms with Gasteiger partial charge in [0.25, 0.3) is 0 Å². The molecule has 70 valence electrons. The van der Waals surface area contributed by atoms with Gasteiger partial charge in [0.05, 0.1) is 6.61 Å². The summed E-state index contributed by atoms with van der Waals surface area (Å²) in [7, 11) is 0. The molecule has 0 saturated heterocycles. The van der Waals surface area contributed by atoms with Gasteiger partial charge >= 0.3 is 5.97 Å². The summed E-state index contributed by atoms with van der Waals surface area (Å²) in [5, 5.41) is 0. The second kappa shape index (κ2) is 16.3. The maximum absolute atomic E-state index is 10.4. The van der Waals surface area contributed by atoms with Gasteiger partial charge in [-0.3, -0.25) is 0 Å². The normalized spacial score (nSPS) is 6.17. The first-order valence-electron chi connectivity index (χ1n) is 3.51. The molecule has 0 aliphatic heterocycles. The van der Waals surface area contributed by atoms with Gasteiger partial charge in [0, 0.05) is 5.57 Å². The van der Waals surface area contributed by atoms with Gasteiger partial charge in [-0.25, -0.2) is 4.79 Å². The van der Waals surface area contributed by atoms with Gasteiger partial charge < -0.3 is 4.74 Å². The molecule has 0 spiro atoms. The summed E-state index contributed by atoms with van der Waals surface area (Å²) in [6, 6.07) is 0. The van der Waals surface area contributed by atoms with Gasteiger partial charge in [-0.2, -0.15) is 0 Å². The quantitative estimate of drug-likeness (QED) is 0.362. The maximum atomic E-state index is 10.4. The van der Waals surface area contributed by atoms with Crippen molar-refractivity contribution >= 4 is 5.97 Å². The van der Waals surface area contributed by atoms with Crippen LogP contribution in [0.15, 0.2) is 38.5 Å². The zero-order valence-corrected chi connectivity index (χ0v) is 8.06. The second-order valence-corrected chi connectivity index (χ2v) is 1.50. The Morgan fingerprint density at radius 1 is 1.25 bits per heavy atom. The van der Waals surface area contributed by atoms with E-state index in [-0.39, 0.29) is 5.97 Å². The molecule has 0 saturated carbocycles. The van der Waals surface area contributed by atoms with Crippen molar-refractivity contribution in [2.75, 3.05) is 6.61 Å². The first-order valence-corrected chi connectivity index (χ1v) is 3.51. The number of esters is 1. The highest BCUT2D eigenvalue weighted by atomic mass is 16.5. The van der Waals surface area contributed by atoms with E-state index in [0.717, 1.165) is 0 Å². The molecule has 0 aromatic heterocycles. The van der Waals surface area contributed by atoms with E-state index in [1.54, 1.807) is 13.8 Å². The summed E-state index contributed by atoms with van der Waals surface area (Å²) in [5.74, 6) is -0.312. The van der Waals surface area contributed by atoms with Crippen molar-refractivity contribution in [1.29, 1.82) is 0 Å². The van der Waals surface area contributed by atoms with Gasteiger partial charge in [0.2, 0.25) is 0 Å². The average Bonchev–Trinajstić information content (AvgIpc) is 2.12. The summed E-state index contributed by atoms with van der Waals surface area (Å²) >= 11 is 0. The lowest BCUT2D eigenvalue weighted by Gasteiger charge is -1.96. The third kappa shape index (κ3) is 15.9. The molecule has 0 fully saturated rings. The third-order valence-electron chi connectivity index (χ3n) is 0.624. The summed E-state index contributed by atoms with van der Waals surface area (Å²) in [5.41, 5.74) is 0.451. The van der Waals surface area contributed by atoms with Crippen LogP contribution in [0.5, 0.6) is 0 Å². The molecule has 0 atom stereocenters. The first kappa shape index (κ1) is 17.0. The molecule has 0 heterocycles. The van der Waals surface area contributed by atoms with E-state index < -0.39 is 0 Å². The zero-order valence-electron chi connectivity index (χ0n) is 8.06. The number of rotatable bonds is 2. The standard InChI is InChI=1S/C6H10O2.2C2H4/c1-4-8-6(7)5(2)3;2*1-2/h2,4H2,1,3H3;2*1-2H2. The van der Waals surface area contributed by atoms with E-state index in [1.807, 2.05) is 0 Å². The van der Waals surface area contributed by atoms with Crippen LogP contribution in [0, 0.1) is 0 Å². The molecule has 2 heteroatoms. The summed E-state index contributed by atoms with van der Waals surface area (Å²) in [6.45, 7) is 19.2. The molecule has 0 bridgehead atoms. The predicted molar refractivity (Wildman–Crippen MR) is 54.0 cm³/mol. The van der Waals surface area contributed by atoms with Gasteiger partial charge in [-0.15, -0.1) is 26.3 Å². The second-order valence-electron chi connectivity index (χ2n) is 1.50. The molecule has 0 amide bonds. The molecule has 0 aromatic carbocycles. The predicted octanol–water partition coefficient (Wildman–Crippen LogP) is 2.73. The highest BCUT2D eigenvalue weighted by Gasteiger charge is 1.98. The maximum Gasteiger partial charge on any atom is 0.333 e. The Bertz CT molecular complexity index is 126. The van der Waals surface area contributed by atoms with Crippen molar-refractivity contribution in [3.05, 3.63) is 38.5 Å². The molecular formula is C10H18O2. The van der Waals surface area contributed by atoms with Crippen LogP contribution in [0.2, 0.25) is 0 Å². The molecule has 0 aromatic rings. The molecule has 0 aliphatic rings. The van der Waals surface area contributed by atoms with Crippen LogP contribution in [0.25, 0.3) is 0 Å². The van der Waals surface area contributed by atoms with Crippen LogP contribution in [0.4, 0.5) is 0 Å². The fraction of sp³-hybridized carbons (Fsp3) is 0.300. The van der Waals surface area contributed by atoms with Gasteiger partial charge in [-0.1, -0.05) is 6.58 Å². The molecule has 0 aliphatic carbocycles. The Balaban J connectivity index is -0.000000175. The van der Waals surface area contributed by atoms with Gasteiger partial charge in [-0.05, 0) is 13.8 Å². The zero-order chi connectivity index (χ0) is 10.6. The minimum atomic E-state index is -0.312. The number of carbonyl (C=O) groups excluding carboxylic acids is 1. The highest BCUT2D eigenvalue weighted by molar-refractivity contribution is 5.86. The SMILES string of the molecule is C=C.C=C.C=C(C)C(=O)OCC. The van der Waals surface area contributed by atoms with Crippen molar-refractivity contribution in [3.8, 4) is 0 Å². The highest BCUT2D eigenvalue weighted by Crippen LogP contribution is 1.89. The summed E-state index contributed by atoms with van der Waals surface area (Å²) in [6.07, 6.45) is 0. The van der Waals surface area contributed by atoms with Crippen LogP contribution in [0.1, 0.15) is 13.8 Å². The summed E-state index contributed by atoms with van der Waals surface area (Å²) < 4.78 is 4.56. The van der Waals surface area contributed by atoms with Crippen molar-refractivity contribution < 1.29 is 9.53 Å². The molecule has 0 unspecified atom stereocenters. The fourth-order valence-corrected chi connectivity index (χ4v) is 0.254. The van der Waals surface area contributed by atoms with Crippen LogP contribution in [0.3, 0.4) is 0 Å². The van der Waals surface area contributed by atoms with Crippen molar-refractivity contribution in [2.24, 2.45) is 0 Å². The third-order valence-corrected chi connectivity index (χ3v) is 0.624. The van der Waals surface area contributed by atoms with Crippen LogP contribution in [-0.4, -0.2) is 12.6 Å². The average molecular weight is 170 g/mol. The number of hydrogen-bond acceptors (Lipinski definition) is 2. The van der Waals surface area contributed by atoms with Crippen LogP contribution in [-0.2, 0) is 9.53 Å². The largest absolute Gasteiger partial charge is 0.463 e. The topological polar surface area (TPSA) is 26.3 Å². The first-order chi connectivity index (χ1) is 5.68. The lowest BCUT2D eigenvalue weighted by atomic mass is 10.4. The molecule has 12 heavy (non-hydrogen) atoms. The molecule has 0 N–H and O–H groups in total. The van der Waals surface area contributed by atoms with Gasteiger partial charge in [0.15, 0.2) is 0 Å². The molecular weight excluding hydrogens is 152 g/mol. The van der Waals surface area contributed by atoms with E-state index in [4.69, 9.17) is 0 Å². The Morgan fingerprint density at radius 3 is 1.67 bits per heavy atom. The number of hydrogen-bond donors (Lipinski definition) is 0. The minimum absolute atomic E-state index is 0.312. The monoisotopic (exact) mass is 170 g/mol. The smallest absolute Gasteiger partial charge is 0.333 e. The molecule has 0 rings (SSSR count). The lowest BCUT2D eigenvalue weighted by Crippen LogP contribution is -2.03. The fourth-order valence-electron chi connectivity index (χ4n) is 0.254. The van der Waals surface area contributed by atoms with E-state index in [2.05, 4.69) is 37.6 Å². The van der Waals surface area contributed by atoms with E-state index in [9.17, 15) is 4.79 Å². The van der Waals surface area contributed by atoms with Crippen molar-refractivity contribution in [3.63, 3.8) is 0 Å². The van der Waals surface area contributed by atoms with E-state index in [0.29, 0.717) is 12.2 Å².